The van der Waals surface area contributed by atoms with Gasteiger partial charge in [-0.1, -0.05) is 24.6 Å². The van der Waals surface area contributed by atoms with Gasteiger partial charge in [0.15, 0.2) is 0 Å². The summed E-state index contributed by atoms with van der Waals surface area (Å²) in [6.07, 6.45) is 9.15. The molecular weight excluding hydrogens is 440 g/mol. The topological polar surface area (TPSA) is 76.2 Å². The zero-order valence-electron chi connectivity index (χ0n) is 20.2. The highest BCUT2D eigenvalue weighted by Gasteiger charge is 2.24. The molecule has 33 heavy (non-hydrogen) atoms. The summed E-state index contributed by atoms with van der Waals surface area (Å²) in [5.41, 5.74) is 2.31. The number of hydrogen-bond acceptors (Lipinski definition) is 5. The lowest BCUT2D eigenvalue weighted by Crippen LogP contribution is -2.39. The first kappa shape index (κ1) is 25.6. The third kappa shape index (κ3) is 8.03. The van der Waals surface area contributed by atoms with Gasteiger partial charge in [-0.3, -0.25) is 0 Å². The Morgan fingerprint density at radius 2 is 1.79 bits per heavy atom. The van der Waals surface area contributed by atoms with Crippen LogP contribution in [0.4, 0.5) is 4.79 Å². The molecule has 1 aromatic carbocycles. The molecule has 2 heterocycles. The highest BCUT2D eigenvalue weighted by Crippen LogP contribution is 2.26. The van der Waals surface area contributed by atoms with Crippen LogP contribution >= 0.6 is 0 Å². The number of hydrogen-bond donors (Lipinski definition) is 0. The minimum atomic E-state index is -3.12. The normalized spacial score (nSPS) is 18.3. The summed E-state index contributed by atoms with van der Waals surface area (Å²) in [7, 11) is -3.12. The van der Waals surface area contributed by atoms with Crippen molar-refractivity contribution in [1.82, 2.24) is 9.21 Å². The highest BCUT2D eigenvalue weighted by molar-refractivity contribution is 7.88. The molecule has 0 saturated carbocycles. The van der Waals surface area contributed by atoms with Crippen molar-refractivity contribution in [3.05, 3.63) is 35.9 Å². The van der Waals surface area contributed by atoms with Crippen LogP contribution in [0.5, 0.6) is 5.75 Å². The van der Waals surface area contributed by atoms with Gasteiger partial charge in [-0.2, -0.15) is 4.31 Å². The van der Waals surface area contributed by atoms with Gasteiger partial charge in [-0.25, -0.2) is 13.2 Å². The average Bonchev–Trinajstić information content (AvgIpc) is 2.79. The minimum absolute atomic E-state index is 0.0660. The maximum Gasteiger partial charge on any atom is 0.410 e. The molecule has 2 aliphatic heterocycles. The summed E-state index contributed by atoms with van der Waals surface area (Å²) in [5, 5.41) is 0. The molecule has 1 saturated heterocycles. The summed E-state index contributed by atoms with van der Waals surface area (Å²) in [4.78, 5) is 13.8. The van der Waals surface area contributed by atoms with E-state index in [1.54, 1.807) is 0 Å². The highest BCUT2D eigenvalue weighted by atomic mass is 32.2. The second-order valence-corrected chi connectivity index (χ2v) is 11.3. The van der Waals surface area contributed by atoms with E-state index < -0.39 is 10.0 Å². The van der Waals surface area contributed by atoms with Gasteiger partial charge in [0.25, 0.3) is 0 Å². The summed E-state index contributed by atoms with van der Waals surface area (Å²) in [5.74, 6) is 1.54. The largest absolute Gasteiger partial charge is 0.494 e. The number of piperidine rings is 1. The SMILES string of the molecule is CC(C)OC(=O)N1CCC(CCCCOc2ccc(C3=CCN(S(C)(=O)=O)CC3)cc2)CC1. The van der Waals surface area contributed by atoms with E-state index in [2.05, 4.69) is 12.1 Å². The van der Waals surface area contributed by atoms with Crippen LogP contribution in [0.3, 0.4) is 0 Å². The molecule has 2 aliphatic rings. The number of likely N-dealkylation sites (tertiary alicyclic amines) is 1. The summed E-state index contributed by atoms with van der Waals surface area (Å²) in [6, 6.07) is 8.08. The molecule has 0 aliphatic carbocycles. The number of rotatable bonds is 9. The second-order valence-electron chi connectivity index (χ2n) is 9.33. The first-order valence-corrected chi connectivity index (χ1v) is 13.9. The lowest BCUT2D eigenvalue weighted by Gasteiger charge is -2.31. The molecule has 0 N–H and O–H groups in total. The van der Waals surface area contributed by atoms with Gasteiger partial charge in [0.1, 0.15) is 5.75 Å². The number of sulfonamides is 1. The number of amides is 1. The fraction of sp³-hybridized carbons (Fsp3) is 0.640. The predicted octanol–water partition coefficient (Wildman–Crippen LogP) is 4.54. The lowest BCUT2D eigenvalue weighted by atomic mass is 9.92. The molecule has 0 radical (unpaired) electrons. The summed E-state index contributed by atoms with van der Waals surface area (Å²) >= 11 is 0. The Labute approximate surface area is 198 Å². The van der Waals surface area contributed by atoms with Crippen molar-refractivity contribution >= 4 is 21.7 Å². The van der Waals surface area contributed by atoms with Crippen molar-refractivity contribution in [3.63, 3.8) is 0 Å². The van der Waals surface area contributed by atoms with Crippen LogP contribution in [0.1, 0.15) is 57.9 Å². The minimum Gasteiger partial charge on any atom is -0.494 e. The van der Waals surface area contributed by atoms with Gasteiger partial charge in [0.2, 0.25) is 10.0 Å². The van der Waals surface area contributed by atoms with E-state index >= 15 is 0 Å². The van der Waals surface area contributed by atoms with Crippen molar-refractivity contribution < 1.29 is 22.7 Å². The van der Waals surface area contributed by atoms with E-state index in [9.17, 15) is 13.2 Å². The summed E-state index contributed by atoms with van der Waals surface area (Å²) < 4.78 is 36.0. The monoisotopic (exact) mass is 478 g/mol. The van der Waals surface area contributed by atoms with Crippen LogP contribution in [0, 0.1) is 5.92 Å². The van der Waals surface area contributed by atoms with Crippen molar-refractivity contribution in [2.45, 2.75) is 58.5 Å². The van der Waals surface area contributed by atoms with E-state index in [4.69, 9.17) is 9.47 Å². The van der Waals surface area contributed by atoms with E-state index in [0.29, 0.717) is 25.6 Å². The zero-order valence-corrected chi connectivity index (χ0v) is 21.0. The lowest BCUT2D eigenvalue weighted by molar-refractivity contribution is 0.0645. The molecular formula is C25H38N2O5S. The smallest absolute Gasteiger partial charge is 0.410 e. The van der Waals surface area contributed by atoms with Gasteiger partial charge in [0, 0.05) is 26.2 Å². The molecule has 0 atom stereocenters. The Bertz CT molecular complexity index is 903. The maximum absolute atomic E-state index is 12.0. The quantitative estimate of drug-likeness (QED) is 0.487. The molecule has 0 spiro atoms. The predicted molar refractivity (Wildman–Crippen MR) is 131 cm³/mol. The zero-order chi connectivity index (χ0) is 23.8. The molecule has 0 bridgehead atoms. The fourth-order valence-corrected chi connectivity index (χ4v) is 5.15. The molecule has 0 aromatic heterocycles. The standard InChI is InChI=1S/C25H38N2O5S/c1-20(2)32-25(28)26-15-11-21(12-16-26)6-4-5-19-31-24-9-7-22(8-10-24)23-13-17-27(18-14-23)33(3,29)30/h7-10,13,20-21H,4-6,11-12,14-19H2,1-3H3. The van der Waals surface area contributed by atoms with Crippen LogP contribution in [-0.4, -0.2) is 68.9 Å². The molecule has 1 fully saturated rings. The molecule has 1 aromatic rings. The first-order chi connectivity index (χ1) is 15.7. The third-order valence-corrected chi connectivity index (χ3v) is 7.62. The number of ether oxygens (including phenoxy) is 2. The molecule has 8 heteroatoms. The number of benzene rings is 1. The first-order valence-electron chi connectivity index (χ1n) is 12.1. The summed E-state index contributed by atoms with van der Waals surface area (Å²) in [6.45, 7) is 7.02. The van der Waals surface area contributed by atoms with Crippen molar-refractivity contribution in [2.24, 2.45) is 5.92 Å². The Morgan fingerprint density at radius 1 is 1.09 bits per heavy atom. The van der Waals surface area contributed by atoms with Gasteiger partial charge in [-0.05, 0) is 75.1 Å². The van der Waals surface area contributed by atoms with Crippen LogP contribution in [0.2, 0.25) is 0 Å². The Balaban J connectivity index is 1.31. The second kappa shape index (κ2) is 11.9. The van der Waals surface area contributed by atoms with Crippen molar-refractivity contribution in [2.75, 3.05) is 39.0 Å². The Morgan fingerprint density at radius 3 is 2.36 bits per heavy atom. The van der Waals surface area contributed by atoms with Crippen LogP contribution in [-0.2, 0) is 14.8 Å². The molecule has 1 amide bonds. The molecule has 7 nitrogen and oxygen atoms in total. The van der Waals surface area contributed by atoms with Gasteiger partial charge in [-0.15, -0.1) is 0 Å². The molecule has 0 unspecified atom stereocenters. The van der Waals surface area contributed by atoms with Crippen LogP contribution in [0.15, 0.2) is 30.3 Å². The number of unbranched alkanes of at least 4 members (excludes halogenated alkanes) is 1. The number of carbonyl (C=O) groups is 1. The van der Waals surface area contributed by atoms with Crippen molar-refractivity contribution in [3.8, 4) is 5.75 Å². The van der Waals surface area contributed by atoms with E-state index in [-0.39, 0.29) is 12.2 Å². The van der Waals surface area contributed by atoms with Crippen LogP contribution in [0.25, 0.3) is 5.57 Å². The van der Waals surface area contributed by atoms with Crippen molar-refractivity contribution in [1.29, 1.82) is 0 Å². The third-order valence-electron chi connectivity index (χ3n) is 6.35. The fourth-order valence-electron chi connectivity index (χ4n) is 4.38. The number of carbonyl (C=O) groups excluding carboxylic acids is 1. The van der Waals surface area contributed by atoms with Gasteiger partial charge in [0.05, 0.1) is 19.0 Å². The van der Waals surface area contributed by atoms with Gasteiger partial charge < -0.3 is 14.4 Å². The molecule has 184 valence electrons. The van der Waals surface area contributed by atoms with E-state index in [0.717, 1.165) is 56.5 Å². The average molecular weight is 479 g/mol. The Hall–Kier alpha value is -2.06. The van der Waals surface area contributed by atoms with Crippen LogP contribution < -0.4 is 4.74 Å². The van der Waals surface area contributed by atoms with Gasteiger partial charge >= 0.3 is 6.09 Å². The maximum atomic E-state index is 12.0. The number of nitrogens with zero attached hydrogens (tertiary/aromatic N) is 2. The Kier molecular flexibility index (Phi) is 9.20. The molecule has 3 rings (SSSR count). The van der Waals surface area contributed by atoms with E-state index in [1.165, 1.54) is 22.6 Å². The van der Waals surface area contributed by atoms with E-state index in [1.807, 2.05) is 37.0 Å².